The SMILES string of the molecule is CCC1C(=O)N(C(C(=O)OCC[Si](C)(C)C)P(=O)(OC)OC)C1CCO. The van der Waals surface area contributed by atoms with Gasteiger partial charge in [0.2, 0.25) is 11.7 Å². The summed E-state index contributed by atoms with van der Waals surface area (Å²) in [7, 11) is -2.99. The van der Waals surface area contributed by atoms with E-state index in [9.17, 15) is 19.3 Å². The maximum Gasteiger partial charge on any atom is 0.364 e. The van der Waals surface area contributed by atoms with Gasteiger partial charge >= 0.3 is 13.6 Å². The fraction of sp³-hybridized carbons (Fsp3) is 0.875. The molecule has 1 heterocycles. The van der Waals surface area contributed by atoms with E-state index in [-0.39, 0.29) is 31.5 Å². The Labute approximate surface area is 156 Å². The Morgan fingerprint density at radius 1 is 1.31 bits per heavy atom. The lowest BCUT2D eigenvalue weighted by atomic mass is 9.83. The number of aliphatic hydroxyl groups excluding tert-OH is 1. The number of β-lactam (4-membered cyclic amide) rings is 1. The molecule has 0 spiro atoms. The van der Waals surface area contributed by atoms with Crippen LogP contribution in [0.1, 0.15) is 19.8 Å². The van der Waals surface area contributed by atoms with Gasteiger partial charge < -0.3 is 23.8 Å². The molecule has 1 rings (SSSR count). The molecule has 0 saturated carbocycles. The van der Waals surface area contributed by atoms with Crippen LogP contribution in [0, 0.1) is 5.92 Å². The molecule has 1 fully saturated rings. The van der Waals surface area contributed by atoms with E-state index >= 15 is 0 Å². The van der Waals surface area contributed by atoms with Gasteiger partial charge in [0.05, 0.1) is 12.5 Å². The first-order chi connectivity index (χ1) is 12.1. The van der Waals surface area contributed by atoms with Crippen LogP contribution >= 0.6 is 7.60 Å². The molecule has 152 valence electrons. The van der Waals surface area contributed by atoms with E-state index < -0.39 is 33.5 Å². The van der Waals surface area contributed by atoms with E-state index in [1.54, 1.807) is 0 Å². The number of carbonyl (C=O) groups excluding carboxylic acids is 2. The van der Waals surface area contributed by atoms with Gasteiger partial charge in [-0.2, -0.15) is 0 Å². The second-order valence-electron chi connectivity index (χ2n) is 7.60. The normalized spacial score (nSPS) is 22.1. The summed E-state index contributed by atoms with van der Waals surface area (Å²) in [5.41, 5.74) is 0. The van der Waals surface area contributed by atoms with Crippen LogP contribution in [0.3, 0.4) is 0 Å². The standard InChI is InChI=1S/C16H32NO7PSi/c1-7-12-13(8-9-18)17(14(12)19)15(25(21,22-2)23-3)16(20)24-10-11-26(4,5)6/h12-13,15,18H,7-11H2,1-6H3. The van der Waals surface area contributed by atoms with Crippen molar-refractivity contribution in [3.8, 4) is 0 Å². The van der Waals surface area contributed by atoms with E-state index in [2.05, 4.69) is 19.6 Å². The molecule has 8 nitrogen and oxygen atoms in total. The largest absolute Gasteiger partial charge is 0.464 e. The number of ether oxygens (including phenoxy) is 1. The predicted molar refractivity (Wildman–Crippen MR) is 101 cm³/mol. The third kappa shape index (κ3) is 5.16. The lowest BCUT2D eigenvalue weighted by Crippen LogP contribution is -2.66. The first-order valence-corrected chi connectivity index (χ1v) is 14.2. The number of hydrogen-bond acceptors (Lipinski definition) is 7. The van der Waals surface area contributed by atoms with E-state index in [4.69, 9.17) is 13.8 Å². The molecule has 0 radical (unpaired) electrons. The first kappa shape index (κ1) is 23.3. The zero-order valence-electron chi connectivity index (χ0n) is 16.6. The highest BCUT2D eigenvalue weighted by Gasteiger charge is 2.58. The molecule has 0 aromatic heterocycles. The zero-order valence-corrected chi connectivity index (χ0v) is 18.5. The minimum atomic E-state index is -3.92. The summed E-state index contributed by atoms with van der Waals surface area (Å²) in [4.78, 5) is 26.5. The predicted octanol–water partition coefficient (Wildman–Crippen LogP) is 2.30. The highest BCUT2D eigenvalue weighted by atomic mass is 31.2. The summed E-state index contributed by atoms with van der Waals surface area (Å²) in [6.45, 7) is 8.35. The maximum absolute atomic E-state index is 13.0. The highest BCUT2D eigenvalue weighted by molar-refractivity contribution is 7.55. The molecular weight excluding hydrogens is 377 g/mol. The second-order valence-corrected chi connectivity index (χ2v) is 15.5. The third-order valence-electron chi connectivity index (χ3n) is 4.64. The van der Waals surface area contributed by atoms with Crippen LogP contribution in [0.15, 0.2) is 0 Å². The van der Waals surface area contributed by atoms with E-state index in [1.807, 2.05) is 6.92 Å². The van der Waals surface area contributed by atoms with Crippen LogP contribution in [-0.2, 0) is 27.9 Å². The molecule has 3 unspecified atom stereocenters. The molecular formula is C16H32NO7PSi. The van der Waals surface area contributed by atoms with Crippen molar-refractivity contribution < 1.29 is 33.0 Å². The summed E-state index contributed by atoms with van der Waals surface area (Å²) in [5, 5.41) is 9.31. The van der Waals surface area contributed by atoms with Crippen molar-refractivity contribution in [3.05, 3.63) is 0 Å². The zero-order chi connectivity index (χ0) is 20.1. The van der Waals surface area contributed by atoms with Crippen molar-refractivity contribution in [1.82, 2.24) is 4.90 Å². The summed E-state index contributed by atoms with van der Waals surface area (Å²) in [6, 6.07) is 0.354. The molecule has 0 aromatic carbocycles. The molecule has 1 saturated heterocycles. The second kappa shape index (κ2) is 9.46. The molecule has 3 atom stereocenters. The highest BCUT2D eigenvalue weighted by Crippen LogP contribution is 2.56. The topological polar surface area (TPSA) is 102 Å². The molecule has 1 aliphatic rings. The quantitative estimate of drug-likeness (QED) is 0.242. The van der Waals surface area contributed by atoms with Crippen LogP contribution in [0.25, 0.3) is 0 Å². The smallest absolute Gasteiger partial charge is 0.364 e. The van der Waals surface area contributed by atoms with Crippen molar-refractivity contribution >= 4 is 27.5 Å². The summed E-state index contributed by atoms with van der Waals surface area (Å²) in [5.74, 6) is -2.86. The maximum atomic E-state index is 13.0. The number of carbonyl (C=O) groups is 2. The van der Waals surface area contributed by atoms with E-state index in [0.717, 1.165) is 6.04 Å². The molecule has 1 amide bonds. The number of rotatable bonds is 11. The Bertz CT molecular complexity index is 543. The molecule has 10 heteroatoms. The monoisotopic (exact) mass is 409 g/mol. The number of nitrogens with zero attached hydrogens (tertiary/aromatic N) is 1. The van der Waals surface area contributed by atoms with E-state index in [1.165, 1.54) is 19.1 Å². The van der Waals surface area contributed by atoms with Gasteiger partial charge in [0.25, 0.3) is 0 Å². The number of esters is 1. The Balaban J connectivity index is 3.08. The Morgan fingerprint density at radius 2 is 1.88 bits per heavy atom. The van der Waals surface area contributed by atoms with Gasteiger partial charge in [0, 0.05) is 34.9 Å². The summed E-state index contributed by atoms with van der Waals surface area (Å²) >= 11 is 0. The van der Waals surface area contributed by atoms with Crippen molar-refractivity contribution in [2.45, 2.75) is 57.3 Å². The van der Waals surface area contributed by atoms with Crippen LogP contribution in [-0.4, -0.2) is 69.2 Å². The van der Waals surface area contributed by atoms with Crippen molar-refractivity contribution in [1.29, 1.82) is 0 Å². The molecule has 1 N–H and O–H groups in total. The van der Waals surface area contributed by atoms with Crippen molar-refractivity contribution in [2.75, 3.05) is 27.4 Å². The Kier molecular flexibility index (Phi) is 8.48. The number of amides is 1. The molecule has 0 aliphatic carbocycles. The fourth-order valence-corrected chi connectivity index (χ4v) is 5.24. The number of aliphatic hydroxyl groups is 1. The van der Waals surface area contributed by atoms with Crippen molar-refractivity contribution in [2.24, 2.45) is 5.92 Å². The number of likely N-dealkylation sites (tertiary alicyclic amines) is 1. The minimum Gasteiger partial charge on any atom is -0.464 e. The molecule has 1 aliphatic heterocycles. The first-order valence-electron chi connectivity index (χ1n) is 8.87. The minimum absolute atomic E-state index is 0.146. The molecule has 26 heavy (non-hydrogen) atoms. The van der Waals surface area contributed by atoms with Crippen LogP contribution in [0.2, 0.25) is 25.7 Å². The Hall–Kier alpha value is -0.733. The van der Waals surface area contributed by atoms with Gasteiger partial charge in [-0.3, -0.25) is 9.36 Å². The molecule has 0 aromatic rings. The summed E-state index contributed by atoms with van der Waals surface area (Å²) in [6.07, 6.45) is 0.859. The average Bonchev–Trinajstić information content (AvgIpc) is 2.57. The summed E-state index contributed by atoms with van der Waals surface area (Å²) < 4.78 is 28.3. The van der Waals surface area contributed by atoms with E-state index in [0.29, 0.717) is 6.42 Å². The third-order valence-corrected chi connectivity index (χ3v) is 8.42. The van der Waals surface area contributed by atoms with Crippen LogP contribution in [0.5, 0.6) is 0 Å². The fourth-order valence-electron chi connectivity index (χ4n) is 3.05. The van der Waals surface area contributed by atoms with Crippen molar-refractivity contribution in [3.63, 3.8) is 0 Å². The van der Waals surface area contributed by atoms with Crippen LogP contribution in [0.4, 0.5) is 0 Å². The van der Waals surface area contributed by atoms with Gasteiger partial charge in [-0.05, 0) is 18.9 Å². The van der Waals surface area contributed by atoms with Gasteiger partial charge in [-0.25, -0.2) is 4.79 Å². The number of hydrogen-bond donors (Lipinski definition) is 1. The Morgan fingerprint density at radius 3 is 2.31 bits per heavy atom. The lowest BCUT2D eigenvalue weighted by molar-refractivity contribution is -0.169. The van der Waals surface area contributed by atoms with Gasteiger partial charge in [0.15, 0.2) is 0 Å². The van der Waals surface area contributed by atoms with Crippen LogP contribution < -0.4 is 0 Å². The molecule has 0 bridgehead atoms. The average molecular weight is 409 g/mol. The van der Waals surface area contributed by atoms with Gasteiger partial charge in [0.1, 0.15) is 0 Å². The van der Waals surface area contributed by atoms with Gasteiger partial charge in [-0.1, -0.05) is 26.6 Å². The van der Waals surface area contributed by atoms with Gasteiger partial charge in [-0.15, -0.1) is 0 Å². The lowest BCUT2D eigenvalue weighted by Gasteiger charge is -2.50.